The number of hydrogen-bond donors (Lipinski definition) is 1. The minimum absolute atomic E-state index is 0.0766. The maximum Gasteiger partial charge on any atom is 0.410 e. The van der Waals surface area contributed by atoms with Crippen molar-refractivity contribution in [1.82, 2.24) is 4.57 Å². The smallest absolute Gasteiger partial charge is 0.328 e. The molecule has 1 unspecified atom stereocenters. The Labute approximate surface area is 91.8 Å². The van der Waals surface area contributed by atoms with E-state index in [0.717, 1.165) is 6.20 Å². The zero-order valence-corrected chi connectivity index (χ0v) is 9.05. The molecule has 15 heavy (non-hydrogen) atoms. The quantitative estimate of drug-likeness (QED) is 0.898. The maximum absolute atomic E-state index is 12.5. The lowest BCUT2D eigenvalue weighted by Gasteiger charge is -2.20. The summed E-state index contributed by atoms with van der Waals surface area (Å²) in [7, 11) is 0. The van der Waals surface area contributed by atoms with Gasteiger partial charge >= 0.3 is 6.18 Å². The summed E-state index contributed by atoms with van der Waals surface area (Å²) < 4.78 is 38.0. The molecule has 0 saturated heterocycles. The minimum atomic E-state index is -4.53. The summed E-state index contributed by atoms with van der Waals surface area (Å²) in [5.74, 6) is 0. The van der Waals surface area contributed by atoms with Gasteiger partial charge in [-0.3, -0.25) is 4.79 Å². The van der Waals surface area contributed by atoms with Crippen molar-refractivity contribution in [2.24, 2.45) is 5.73 Å². The molecule has 0 saturated carbocycles. The molecule has 1 atom stereocenters. The van der Waals surface area contributed by atoms with Gasteiger partial charge in [-0.25, -0.2) is 0 Å². The second-order valence-corrected chi connectivity index (χ2v) is 3.72. The van der Waals surface area contributed by atoms with E-state index in [-0.39, 0.29) is 4.47 Å². The van der Waals surface area contributed by atoms with Crippen LogP contribution in [0.1, 0.15) is 6.04 Å². The summed E-state index contributed by atoms with van der Waals surface area (Å²) in [6.07, 6.45) is -3.46. The van der Waals surface area contributed by atoms with Crippen LogP contribution in [0, 0.1) is 0 Å². The van der Waals surface area contributed by atoms with Gasteiger partial charge in [0.25, 0.3) is 5.56 Å². The van der Waals surface area contributed by atoms with Crippen molar-refractivity contribution in [2.75, 3.05) is 6.54 Å². The molecular formula is C8H8BrF3N2O. The maximum atomic E-state index is 12.5. The molecule has 0 bridgehead atoms. The molecule has 1 heterocycles. The molecule has 0 aliphatic rings. The molecule has 2 N–H and O–H groups in total. The Kier molecular flexibility index (Phi) is 3.56. The monoisotopic (exact) mass is 284 g/mol. The Hall–Kier alpha value is -0.820. The second-order valence-electron chi connectivity index (χ2n) is 2.86. The molecule has 1 aromatic rings. The largest absolute Gasteiger partial charge is 0.410 e. The summed E-state index contributed by atoms with van der Waals surface area (Å²) in [6.45, 7) is -0.667. The predicted octanol–water partition coefficient (Wildman–Crippen LogP) is 1.67. The second kappa shape index (κ2) is 4.36. The Morgan fingerprint density at radius 2 is 2.13 bits per heavy atom. The van der Waals surface area contributed by atoms with Crippen LogP contribution in [-0.4, -0.2) is 17.3 Å². The van der Waals surface area contributed by atoms with Crippen LogP contribution < -0.4 is 11.3 Å². The Balaban J connectivity index is 3.25. The molecule has 0 aliphatic carbocycles. The normalized spacial score (nSPS) is 13.9. The summed E-state index contributed by atoms with van der Waals surface area (Å²) in [5.41, 5.74) is 4.27. The van der Waals surface area contributed by atoms with Crippen LogP contribution in [0.25, 0.3) is 0 Å². The Morgan fingerprint density at radius 3 is 2.60 bits per heavy atom. The van der Waals surface area contributed by atoms with E-state index in [4.69, 9.17) is 5.73 Å². The van der Waals surface area contributed by atoms with Crippen LogP contribution in [0.2, 0.25) is 0 Å². The van der Waals surface area contributed by atoms with Gasteiger partial charge in [0.2, 0.25) is 0 Å². The van der Waals surface area contributed by atoms with Gasteiger partial charge in [-0.05, 0) is 28.1 Å². The number of pyridine rings is 1. The summed E-state index contributed by atoms with van der Waals surface area (Å²) in [4.78, 5) is 11.4. The third kappa shape index (κ3) is 2.60. The highest BCUT2D eigenvalue weighted by Crippen LogP contribution is 2.28. The van der Waals surface area contributed by atoms with E-state index in [0.29, 0.717) is 4.57 Å². The average Bonchev–Trinajstić information content (AvgIpc) is 2.11. The van der Waals surface area contributed by atoms with E-state index < -0.39 is 24.3 Å². The number of hydrogen-bond acceptors (Lipinski definition) is 2. The average molecular weight is 285 g/mol. The number of nitrogens with zero attached hydrogens (tertiary/aromatic N) is 1. The highest BCUT2D eigenvalue weighted by Gasteiger charge is 2.40. The number of nitrogens with two attached hydrogens (primary N) is 1. The molecule has 3 nitrogen and oxygen atoms in total. The first-order valence-corrected chi connectivity index (χ1v) is 4.80. The van der Waals surface area contributed by atoms with Gasteiger partial charge < -0.3 is 10.3 Å². The van der Waals surface area contributed by atoms with Crippen molar-refractivity contribution < 1.29 is 13.2 Å². The highest BCUT2D eigenvalue weighted by atomic mass is 79.9. The number of halogens is 4. The van der Waals surface area contributed by atoms with Crippen LogP contribution in [0.5, 0.6) is 0 Å². The third-order valence-electron chi connectivity index (χ3n) is 1.86. The lowest BCUT2D eigenvalue weighted by atomic mass is 10.2. The van der Waals surface area contributed by atoms with Crippen molar-refractivity contribution in [3.8, 4) is 0 Å². The molecule has 0 amide bonds. The topological polar surface area (TPSA) is 48.0 Å². The first-order valence-electron chi connectivity index (χ1n) is 4.01. The lowest BCUT2D eigenvalue weighted by molar-refractivity contribution is -0.165. The zero-order chi connectivity index (χ0) is 11.6. The zero-order valence-electron chi connectivity index (χ0n) is 7.46. The molecule has 0 spiro atoms. The first-order chi connectivity index (χ1) is 6.88. The molecule has 84 valence electrons. The van der Waals surface area contributed by atoms with Crippen molar-refractivity contribution in [1.29, 1.82) is 0 Å². The van der Waals surface area contributed by atoms with Crippen LogP contribution in [0.15, 0.2) is 27.6 Å². The highest BCUT2D eigenvalue weighted by molar-refractivity contribution is 9.10. The van der Waals surface area contributed by atoms with Crippen molar-refractivity contribution >= 4 is 15.9 Å². The van der Waals surface area contributed by atoms with Gasteiger partial charge in [0.15, 0.2) is 0 Å². The van der Waals surface area contributed by atoms with Gasteiger partial charge in [0, 0.05) is 12.7 Å². The molecule has 7 heteroatoms. The minimum Gasteiger partial charge on any atom is -0.328 e. The van der Waals surface area contributed by atoms with E-state index in [1.165, 1.54) is 12.1 Å². The number of aromatic nitrogens is 1. The summed E-state index contributed by atoms with van der Waals surface area (Å²) in [6, 6.07) is 0.741. The molecule has 0 aliphatic heterocycles. The number of alkyl halides is 3. The van der Waals surface area contributed by atoms with Crippen LogP contribution in [0.3, 0.4) is 0 Å². The summed E-state index contributed by atoms with van der Waals surface area (Å²) in [5, 5.41) is 0. The molecule has 0 radical (unpaired) electrons. The van der Waals surface area contributed by atoms with Crippen molar-refractivity contribution in [2.45, 2.75) is 12.2 Å². The predicted molar refractivity (Wildman–Crippen MR) is 52.5 cm³/mol. The molecule has 1 aromatic heterocycles. The molecular weight excluding hydrogens is 277 g/mol. The Bertz CT molecular complexity index is 402. The van der Waals surface area contributed by atoms with E-state index in [9.17, 15) is 18.0 Å². The van der Waals surface area contributed by atoms with Gasteiger partial charge in [0.05, 0.1) is 4.47 Å². The Morgan fingerprint density at radius 1 is 1.53 bits per heavy atom. The first kappa shape index (κ1) is 12.3. The van der Waals surface area contributed by atoms with E-state index >= 15 is 0 Å². The van der Waals surface area contributed by atoms with E-state index in [1.807, 2.05) is 0 Å². The van der Waals surface area contributed by atoms with Crippen LogP contribution in [0.4, 0.5) is 13.2 Å². The van der Waals surface area contributed by atoms with E-state index in [2.05, 4.69) is 15.9 Å². The third-order valence-corrected chi connectivity index (χ3v) is 2.47. The van der Waals surface area contributed by atoms with Gasteiger partial charge in [-0.15, -0.1) is 0 Å². The fourth-order valence-electron chi connectivity index (χ4n) is 1.13. The molecule has 1 rings (SSSR count). The van der Waals surface area contributed by atoms with Gasteiger partial charge in [0.1, 0.15) is 6.04 Å². The lowest BCUT2D eigenvalue weighted by Crippen LogP contribution is -2.38. The molecule has 0 aromatic carbocycles. The van der Waals surface area contributed by atoms with Crippen LogP contribution in [-0.2, 0) is 0 Å². The SMILES string of the molecule is NCC(n1cccc(Br)c1=O)C(F)(F)F. The number of rotatable bonds is 2. The fraction of sp³-hybridized carbons (Fsp3) is 0.375. The van der Waals surface area contributed by atoms with E-state index in [1.54, 1.807) is 0 Å². The standard InChI is InChI=1S/C8H8BrF3N2O/c9-5-2-1-3-14(7(5)15)6(4-13)8(10,11)12/h1-3,6H,4,13H2. The van der Waals surface area contributed by atoms with Gasteiger partial charge in [-0.2, -0.15) is 13.2 Å². The van der Waals surface area contributed by atoms with Crippen molar-refractivity contribution in [3.05, 3.63) is 33.2 Å². The molecule has 0 fully saturated rings. The van der Waals surface area contributed by atoms with Crippen molar-refractivity contribution in [3.63, 3.8) is 0 Å². The van der Waals surface area contributed by atoms with Gasteiger partial charge in [-0.1, -0.05) is 0 Å². The fourth-order valence-corrected chi connectivity index (χ4v) is 1.49. The summed E-state index contributed by atoms with van der Waals surface area (Å²) >= 11 is 2.87. The van der Waals surface area contributed by atoms with Crippen LogP contribution >= 0.6 is 15.9 Å².